The molecule has 40 heavy (non-hydrogen) atoms. The van der Waals surface area contributed by atoms with Crippen LogP contribution in [-0.4, -0.2) is 84.4 Å². The predicted molar refractivity (Wildman–Crippen MR) is 146 cm³/mol. The summed E-state index contributed by atoms with van der Waals surface area (Å²) in [6.45, 7) is 4.45. The van der Waals surface area contributed by atoms with Gasteiger partial charge in [-0.15, -0.1) is 12.4 Å². The highest BCUT2D eigenvalue weighted by Gasteiger charge is 2.63. The van der Waals surface area contributed by atoms with E-state index in [-0.39, 0.29) is 31.8 Å². The number of piperidine rings is 1. The van der Waals surface area contributed by atoms with Crippen LogP contribution < -0.4 is 16.4 Å². The van der Waals surface area contributed by atoms with Crippen molar-refractivity contribution in [3.8, 4) is 0 Å². The van der Waals surface area contributed by atoms with Crippen LogP contribution in [0.25, 0.3) is 0 Å². The summed E-state index contributed by atoms with van der Waals surface area (Å²) < 4.78 is 41.9. The standard InChI is InChI=1S/C27H38F3N5O4.ClH/c1-17(2)21(33-25(39)34-14-11-19(32-3)12-15-34)22(36)35-13-7-10-20(35)26(24(31)38,23(37)27(28,29)30)16-18-8-5-4-6-9-18;/h4-6,8-9,17,19-21,32H,7,10-16H2,1-3H3,(H2,31,38)(H,33,39);1H/t20-,21-,26-;/m0./s1. The summed E-state index contributed by atoms with van der Waals surface area (Å²) in [5.41, 5.74) is 3.21. The molecule has 0 unspecified atom stereocenters. The fourth-order valence-corrected chi connectivity index (χ4v) is 5.71. The minimum absolute atomic E-state index is 0. The van der Waals surface area contributed by atoms with Crippen LogP contribution in [0.15, 0.2) is 30.3 Å². The van der Waals surface area contributed by atoms with Crippen LogP contribution in [0, 0.1) is 11.3 Å². The number of carbonyl (C=O) groups is 4. The number of urea groups is 1. The second-order valence-electron chi connectivity index (χ2n) is 10.7. The molecule has 4 amide bonds. The molecule has 2 saturated heterocycles. The summed E-state index contributed by atoms with van der Waals surface area (Å²) in [5.74, 6) is -4.75. The SMILES string of the molecule is CNC1CCN(C(=O)N[C@H](C(=O)N2CCC[C@H]2[C@](Cc2ccccc2)(C(N)=O)C(=O)C(F)(F)F)C(C)C)CC1.Cl. The molecule has 0 saturated carbocycles. The molecule has 1 aromatic carbocycles. The van der Waals surface area contributed by atoms with E-state index in [4.69, 9.17) is 5.73 Å². The predicted octanol–water partition coefficient (Wildman–Crippen LogP) is 2.66. The van der Waals surface area contributed by atoms with Gasteiger partial charge in [0.15, 0.2) is 0 Å². The van der Waals surface area contributed by atoms with Crippen LogP contribution in [-0.2, 0) is 20.8 Å². The first kappa shape index (κ1) is 33.3. The number of likely N-dealkylation sites (tertiary alicyclic amines) is 2. The lowest BCUT2D eigenvalue weighted by atomic mass is 9.69. The lowest BCUT2D eigenvalue weighted by Gasteiger charge is -2.41. The number of Topliss-reactive ketones (excluding diaryl/α,β-unsaturated/α-hetero) is 1. The fourth-order valence-electron chi connectivity index (χ4n) is 5.71. The number of primary amides is 1. The summed E-state index contributed by atoms with van der Waals surface area (Å²) in [7, 11) is 1.85. The zero-order valence-corrected chi connectivity index (χ0v) is 23.8. The van der Waals surface area contributed by atoms with Gasteiger partial charge in [-0.2, -0.15) is 13.2 Å². The maximum Gasteiger partial charge on any atom is 0.451 e. The van der Waals surface area contributed by atoms with E-state index >= 15 is 0 Å². The largest absolute Gasteiger partial charge is 0.451 e. The minimum Gasteiger partial charge on any atom is -0.369 e. The van der Waals surface area contributed by atoms with Gasteiger partial charge < -0.3 is 26.2 Å². The van der Waals surface area contributed by atoms with Gasteiger partial charge in [0.25, 0.3) is 5.78 Å². The van der Waals surface area contributed by atoms with Crippen LogP contribution >= 0.6 is 12.4 Å². The van der Waals surface area contributed by atoms with Crippen molar-refractivity contribution in [1.82, 2.24) is 20.4 Å². The molecule has 0 spiro atoms. The number of benzene rings is 1. The van der Waals surface area contributed by atoms with Crippen molar-refractivity contribution in [3.63, 3.8) is 0 Å². The molecule has 3 rings (SSSR count). The van der Waals surface area contributed by atoms with E-state index in [1.165, 1.54) is 12.1 Å². The highest BCUT2D eigenvalue weighted by Crippen LogP contribution is 2.42. The molecule has 0 bridgehead atoms. The van der Waals surface area contributed by atoms with E-state index < -0.39 is 59.6 Å². The molecule has 1 aromatic rings. The van der Waals surface area contributed by atoms with Gasteiger partial charge in [0, 0.05) is 25.7 Å². The van der Waals surface area contributed by atoms with E-state index in [0.717, 1.165) is 17.7 Å². The number of nitrogens with two attached hydrogens (primary N) is 1. The van der Waals surface area contributed by atoms with Gasteiger partial charge in [-0.05, 0) is 50.6 Å². The third kappa shape index (κ3) is 7.06. The smallest absolute Gasteiger partial charge is 0.369 e. The Morgan fingerprint density at radius 2 is 1.62 bits per heavy atom. The van der Waals surface area contributed by atoms with Crippen LogP contribution in [0.4, 0.5) is 18.0 Å². The Morgan fingerprint density at radius 1 is 1.02 bits per heavy atom. The molecule has 2 aliphatic rings. The number of hydrogen-bond acceptors (Lipinski definition) is 5. The van der Waals surface area contributed by atoms with Crippen molar-refractivity contribution >= 4 is 36.0 Å². The van der Waals surface area contributed by atoms with Crippen LogP contribution in [0.1, 0.15) is 45.1 Å². The number of hydrogen-bond donors (Lipinski definition) is 3. The molecular weight excluding hydrogens is 551 g/mol. The monoisotopic (exact) mass is 589 g/mol. The quantitative estimate of drug-likeness (QED) is 0.382. The van der Waals surface area contributed by atoms with E-state index in [0.29, 0.717) is 24.7 Å². The first-order chi connectivity index (χ1) is 18.3. The zero-order chi connectivity index (χ0) is 29.0. The zero-order valence-electron chi connectivity index (χ0n) is 23.0. The van der Waals surface area contributed by atoms with Gasteiger partial charge in [-0.1, -0.05) is 44.2 Å². The summed E-state index contributed by atoms with van der Waals surface area (Å²) in [6.07, 6.45) is -4.19. The van der Waals surface area contributed by atoms with Crippen molar-refractivity contribution in [3.05, 3.63) is 35.9 Å². The van der Waals surface area contributed by atoms with Crippen molar-refractivity contribution in [2.24, 2.45) is 17.1 Å². The van der Waals surface area contributed by atoms with E-state index in [1.54, 1.807) is 36.9 Å². The van der Waals surface area contributed by atoms with Crippen LogP contribution in [0.2, 0.25) is 0 Å². The number of alkyl halides is 3. The minimum atomic E-state index is -5.35. The first-order valence-electron chi connectivity index (χ1n) is 13.3. The second kappa shape index (κ2) is 13.7. The maximum absolute atomic E-state index is 14.0. The van der Waals surface area contributed by atoms with Gasteiger partial charge in [0.1, 0.15) is 11.5 Å². The molecule has 13 heteroatoms. The number of carbonyl (C=O) groups excluding carboxylic acids is 4. The second-order valence-corrected chi connectivity index (χ2v) is 10.7. The van der Waals surface area contributed by atoms with Crippen molar-refractivity contribution in [2.45, 2.75) is 70.3 Å². The Labute approximate surface area is 238 Å². The topological polar surface area (TPSA) is 125 Å². The number of nitrogens with zero attached hydrogens (tertiary/aromatic N) is 2. The molecule has 2 aliphatic heterocycles. The van der Waals surface area contributed by atoms with Gasteiger partial charge in [0.2, 0.25) is 11.8 Å². The summed E-state index contributed by atoms with van der Waals surface area (Å²) >= 11 is 0. The van der Waals surface area contributed by atoms with E-state index in [9.17, 15) is 32.3 Å². The van der Waals surface area contributed by atoms with E-state index in [1.807, 2.05) is 7.05 Å². The third-order valence-electron chi connectivity index (χ3n) is 7.93. The average molecular weight is 590 g/mol. The van der Waals surface area contributed by atoms with Gasteiger partial charge in [-0.25, -0.2) is 4.79 Å². The highest BCUT2D eigenvalue weighted by atomic mass is 35.5. The molecule has 0 radical (unpaired) electrons. The lowest BCUT2D eigenvalue weighted by molar-refractivity contribution is -0.187. The molecule has 2 fully saturated rings. The Hall–Kier alpha value is -2.86. The molecular formula is C27H39ClF3N5O4. The molecule has 9 nitrogen and oxygen atoms in total. The number of halogens is 4. The van der Waals surface area contributed by atoms with Crippen molar-refractivity contribution in [2.75, 3.05) is 26.7 Å². The fraction of sp³-hybridized carbons (Fsp3) is 0.630. The summed E-state index contributed by atoms with van der Waals surface area (Å²) in [6, 6.07) is 5.21. The van der Waals surface area contributed by atoms with Gasteiger partial charge in [-0.3, -0.25) is 14.4 Å². The van der Waals surface area contributed by atoms with Gasteiger partial charge >= 0.3 is 12.2 Å². The molecule has 224 valence electrons. The normalized spacial score (nSPS) is 20.4. The molecule has 0 aliphatic carbocycles. The van der Waals surface area contributed by atoms with Gasteiger partial charge in [0.05, 0.1) is 6.04 Å². The van der Waals surface area contributed by atoms with Crippen molar-refractivity contribution in [1.29, 1.82) is 0 Å². The molecule has 3 atom stereocenters. The maximum atomic E-state index is 14.0. The lowest BCUT2D eigenvalue weighted by Crippen LogP contribution is -2.64. The first-order valence-corrected chi connectivity index (χ1v) is 13.3. The Kier molecular flexibility index (Phi) is 11.4. The number of nitrogens with one attached hydrogen (secondary N) is 2. The number of rotatable bonds is 9. The average Bonchev–Trinajstić information content (AvgIpc) is 3.39. The van der Waals surface area contributed by atoms with Crippen LogP contribution in [0.5, 0.6) is 0 Å². The van der Waals surface area contributed by atoms with Crippen LogP contribution in [0.3, 0.4) is 0 Å². The third-order valence-corrected chi connectivity index (χ3v) is 7.93. The Morgan fingerprint density at radius 3 is 2.12 bits per heavy atom. The molecule has 4 N–H and O–H groups in total. The van der Waals surface area contributed by atoms with Crippen molar-refractivity contribution < 1.29 is 32.3 Å². The summed E-state index contributed by atoms with van der Waals surface area (Å²) in [4.78, 5) is 55.5. The Bertz CT molecular complexity index is 1050. The van der Waals surface area contributed by atoms with E-state index in [2.05, 4.69) is 10.6 Å². The number of amides is 4. The molecule has 2 heterocycles. The molecule has 0 aromatic heterocycles. The summed E-state index contributed by atoms with van der Waals surface area (Å²) in [5, 5.41) is 5.94. The number of ketones is 1. The highest BCUT2D eigenvalue weighted by molar-refractivity contribution is 6.09. The Balaban J connectivity index is 0.00000560.